The number of pyridine rings is 1. The molecule has 1 saturated heterocycles. The first kappa shape index (κ1) is 16.1. The molecule has 6 heteroatoms. The van der Waals surface area contributed by atoms with Gasteiger partial charge in [-0.3, -0.25) is 4.79 Å². The highest BCUT2D eigenvalue weighted by atomic mass is 19.3. The van der Waals surface area contributed by atoms with Crippen LogP contribution in [0.4, 0.5) is 8.78 Å². The van der Waals surface area contributed by atoms with Crippen molar-refractivity contribution < 1.29 is 13.6 Å². The van der Waals surface area contributed by atoms with E-state index in [1.54, 1.807) is 42.5 Å². The molecule has 1 aromatic heterocycles. The minimum absolute atomic E-state index is 0.0688. The largest absolute Gasteiger partial charge is 0.338 e. The van der Waals surface area contributed by atoms with Crippen LogP contribution in [0.3, 0.4) is 0 Å². The number of carbonyl (C=O) groups excluding carboxylic acids is 1. The van der Waals surface area contributed by atoms with Gasteiger partial charge in [0.1, 0.15) is 11.8 Å². The van der Waals surface area contributed by atoms with Crippen molar-refractivity contribution >= 4 is 5.91 Å². The second-order valence-electron chi connectivity index (χ2n) is 5.75. The fourth-order valence-electron chi connectivity index (χ4n) is 2.66. The highest BCUT2D eigenvalue weighted by molar-refractivity contribution is 5.94. The molecule has 1 amide bonds. The Morgan fingerprint density at radius 3 is 2.42 bits per heavy atom. The van der Waals surface area contributed by atoms with Crippen molar-refractivity contribution in [1.29, 1.82) is 5.26 Å². The number of aromatic nitrogens is 1. The molecule has 0 spiro atoms. The van der Waals surface area contributed by atoms with E-state index in [1.807, 2.05) is 6.07 Å². The number of hydrogen-bond acceptors (Lipinski definition) is 3. The first-order chi connectivity index (χ1) is 11.5. The third kappa shape index (κ3) is 3.40. The Bertz CT molecular complexity index is 787. The number of alkyl halides is 2. The lowest BCUT2D eigenvalue weighted by Crippen LogP contribution is -2.42. The Morgan fingerprint density at radius 2 is 1.79 bits per heavy atom. The summed E-state index contributed by atoms with van der Waals surface area (Å²) in [6.07, 6.45) is -0.580. The molecule has 1 aromatic carbocycles. The molecule has 0 bridgehead atoms. The number of benzene rings is 1. The molecular formula is C18H15F2N3O. The number of carbonyl (C=O) groups is 1. The van der Waals surface area contributed by atoms with Crippen molar-refractivity contribution in [2.24, 2.45) is 0 Å². The zero-order valence-corrected chi connectivity index (χ0v) is 12.9. The summed E-state index contributed by atoms with van der Waals surface area (Å²) in [5.41, 5.74) is 2.21. The van der Waals surface area contributed by atoms with E-state index in [9.17, 15) is 13.6 Å². The van der Waals surface area contributed by atoms with Crippen LogP contribution in [0.5, 0.6) is 0 Å². The maximum absolute atomic E-state index is 13.2. The number of nitrogens with zero attached hydrogens (tertiary/aromatic N) is 3. The zero-order valence-electron chi connectivity index (χ0n) is 12.9. The predicted octanol–water partition coefficient (Wildman–Crippen LogP) is 3.49. The summed E-state index contributed by atoms with van der Waals surface area (Å²) >= 11 is 0. The van der Waals surface area contributed by atoms with Crippen molar-refractivity contribution in [3.8, 4) is 17.3 Å². The average molecular weight is 327 g/mol. The Balaban J connectivity index is 1.75. The van der Waals surface area contributed by atoms with Gasteiger partial charge >= 0.3 is 0 Å². The van der Waals surface area contributed by atoms with Gasteiger partial charge in [-0.1, -0.05) is 18.2 Å². The molecule has 0 saturated carbocycles. The molecule has 0 N–H and O–H groups in total. The van der Waals surface area contributed by atoms with E-state index in [0.717, 1.165) is 5.56 Å². The summed E-state index contributed by atoms with van der Waals surface area (Å²) in [7, 11) is 0. The van der Waals surface area contributed by atoms with Crippen molar-refractivity contribution in [1.82, 2.24) is 9.88 Å². The molecule has 4 nitrogen and oxygen atoms in total. The van der Waals surface area contributed by atoms with Gasteiger partial charge in [0.2, 0.25) is 0 Å². The van der Waals surface area contributed by atoms with Gasteiger partial charge in [-0.25, -0.2) is 13.8 Å². The molecule has 2 aromatic rings. The van der Waals surface area contributed by atoms with Crippen LogP contribution in [0.25, 0.3) is 11.3 Å². The van der Waals surface area contributed by atoms with Gasteiger partial charge in [0.05, 0.1) is 5.69 Å². The van der Waals surface area contributed by atoms with Gasteiger partial charge in [-0.15, -0.1) is 0 Å². The van der Waals surface area contributed by atoms with E-state index < -0.39 is 5.92 Å². The van der Waals surface area contributed by atoms with Gasteiger partial charge < -0.3 is 4.90 Å². The van der Waals surface area contributed by atoms with E-state index in [-0.39, 0.29) is 31.8 Å². The topological polar surface area (TPSA) is 57.0 Å². The fourth-order valence-corrected chi connectivity index (χ4v) is 2.66. The van der Waals surface area contributed by atoms with Crippen molar-refractivity contribution in [3.63, 3.8) is 0 Å². The maximum atomic E-state index is 13.2. The third-order valence-corrected chi connectivity index (χ3v) is 4.07. The Kier molecular flexibility index (Phi) is 4.26. The number of halogens is 2. The van der Waals surface area contributed by atoms with Crippen LogP contribution in [-0.2, 0) is 0 Å². The van der Waals surface area contributed by atoms with E-state index in [2.05, 4.69) is 4.98 Å². The lowest BCUT2D eigenvalue weighted by Gasteiger charge is -2.31. The van der Waals surface area contributed by atoms with Crippen molar-refractivity contribution in [2.45, 2.75) is 18.8 Å². The molecule has 24 heavy (non-hydrogen) atoms. The first-order valence-electron chi connectivity index (χ1n) is 7.63. The lowest BCUT2D eigenvalue weighted by molar-refractivity contribution is -0.0494. The molecule has 0 atom stereocenters. The minimum Gasteiger partial charge on any atom is -0.338 e. The van der Waals surface area contributed by atoms with Crippen LogP contribution in [0.2, 0.25) is 0 Å². The van der Waals surface area contributed by atoms with Crippen LogP contribution in [0, 0.1) is 11.3 Å². The standard InChI is InChI=1S/C18H15F2N3O/c19-18(20)8-10-23(11-9-18)17(24)14-6-4-13(5-7-14)16-3-1-2-15(12-21)22-16/h1-7H,8-11H2. The second-order valence-corrected chi connectivity index (χ2v) is 5.75. The van der Waals surface area contributed by atoms with Gasteiger partial charge in [-0.05, 0) is 24.3 Å². The summed E-state index contributed by atoms with van der Waals surface area (Å²) in [5.74, 6) is -2.91. The SMILES string of the molecule is N#Cc1cccc(-c2ccc(C(=O)N3CCC(F)(F)CC3)cc2)n1. The molecule has 1 aliphatic rings. The van der Waals surface area contributed by atoms with Crippen LogP contribution in [0.15, 0.2) is 42.5 Å². The maximum Gasteiger partial charge on any atom is 0.253 e. The predicted molar refractivity (Wildman–Crippen MR) is 84.5 cm³/mol. The molecule has 3 rings (SSSR count). The molecule has 122 valence electrons. The molecule has 0 radical (unpaired) electrons. The summed E-state index contributed by atoms with van der Waals surface area (Å²) in [4.78, 5) is 18.0. The normalized spacial score (nSPS) is 16.5. The van der Waals surface area contributed by atoms with Gasteiger partial charge in [0.25, 0.3) is 11.8 Å². The van der Waals surface area contributed by atoms with E-state index >= 15 is 0 Å². The van der Waals surface area contributed by atoms with Crippen LogP contribution in [-0.4, -0.2) is 34.8 Å². The minimum atomic E-state index is -2.67. The van der Waals surface area contributed by atoms with Gasteiger partial charge in [0, 0.05) is 37.1 Å². The first-order valence-corrected chi connectivity index (χ1v) is 7.63. The van der Waals surface area contributed by atoms with E-state index in [4.69, 9.17) is 5.26 Å². The molecule has 1 aliphatic heterocycles. The van der Waals surface area contributed by atoms with Gasteiger partial charge in [0.15, 0.2) is 0 Å². The fraction of sp³-hybridized carbons (Fsp3) is 0.278. The van der Waals surface area contributed by atoms with Crippen LogP contribution < -0.4 is 0 Å². The molecule has 0 unspecified atom stereocenters. The summed E-state index contributed by atoms with van der Waals surface area (Å²) in [5, 5.41) is 8.89. The van der Waals surface area contributed by atoms with Crippen molar-refractivity contribution in [2.75, 3.05) is 13.1 Å². The Hall–Kier alpha value is -2.81. The number of rotatable bonds is 2. The molecule has 1 fully saturated rings. The number of amides is 1. The highest BCUT2D eigenvalue weighted by Gasteiger charge is 2.35. The molecular weight excluding hydrogens is 312 g/mol. The zero-order chi connectivity index (χ0) is 17.2. The van der Waals surface area contributed by atoms with Gasteiger partial charge in [-0.2, -0.15) is 5.26 Å². The van der Waals surface area contributed by atoms with Crippen LogP contribution >= 0.6 is 0 Å². The average Bonchev–Trinajstić information content (AvgIpc) is 2.61. The monoisotopic (exact) mass is 327 g/mol. The lowest BCUT2D eigenvalue weighted by atomic mass is 10.0. The summed E-state index contributed by atoms with van der Waals surface area (Å²) in [6, 6.07) is 13.9. The Morgan fingerprint density at radius 1 is 1.12 bits per heavy atom. The Labute approximate surface area is 138 Å². The number of hydrogen-bond donors (Lipinski definition) is 0. The van der Waals surface area contributed by atoms with E-state index in [0.29, 0.717) is 17.0 Å². The second kappa shape index (κ2) is 6.36. The number of piperidine rings is 1. The smallest absolute Gasteiger partial charge is 0.253 e. The quantitative estimate of drug-likeness (QED) is 0.848. The number of nitriles is 1. The summed E-state index contributed by atoms with van der Waals surface area (Å²) < 4.78 is 26.4. The molecule has 2 heterocycles. The van der Waals surface area contributed by atoms with E-state index in [1.165, 1.54) is 4.90 Å². The third-order valence-electron chi connectivity index (χ3n) is 4.07. The molecule has 0 aliphatic carbocycles. The number of likely N-dealkylation sites (tertiary alicyclic amines) is 1. The van der Waals surface area contributed by atoms with Crippen LogP contribution in [0.1, 0.15) is 28.9 Å². The van der Waals surface area contributed by atoms with Crippen molar-refractivity contribution in [3.05, 3.63) is 53.7 Å². The highest BCUT2D eigenvalue weighted by Crippen LogP contribution is 2.28. The summed E-state index contributed by atoms with van der Waals surface area (Å²) in [6.45, 7) is 0.138.